The molecule has 10 nitrogen and oxygen atoms in total. The highest BCUT2D eigenvalue weighted by Crippen LogP contribution is 2.35. The average molecular weight is 703 g/mol. The molecule has 2 fully saturated rings. The van der Waals surface area contributed by atoms with Crippen molar-refractivity contribution in [2.75, 3.05) is 39.3 Å². The maximum Gasteiger partial charge on any atom is 0.315 e. The summed E-state index contributed by atoms with van der Waals surface area (Å²) in [4.78, 5) is 57.8. The summed E-state index contributed by atoms with van der Waals surface area (Å²) < 4.78 is 0. The first-order chi connectivity index (χ1) is 23.1. The molecule has 0 spiro atoms. The maximum atomic E-state index is 14.3. The van der Waals surface area contributed by atoms with E-state index in [-0.39, 0.29) is 36.7 Å². The second-order valence-corrected chi connectivity index (χ2v) is 13.9. The molecule has 12 heteroatoms. The molecule has 3 atom stereocenters. The lowest BCUT2D eigenvalue weighted by atomic mass is 9.74. The smallest absolute Gasteiger partial charge is 0.315 e. The Morgan fingerprint density at radius 3 is 2.46 bits per heavy atom. The maximum absolute atomic E-state index is 14.3. The van der Waals surface area contributed by atoms with Gasteiger partial charge in [0.15, 0.2) is 0 Å². The second kappa shape index (κ2) is 18.4. The molecule has 0 bridgehead atoms. The van der Waals surface area contributed by atoms with Crippen LogP contribution in [0, 0.1) is 5.41 Å². The van der Waals surface area contributed by atoms with E-state index in [1.54, 1.807) is 23.1 Å². The lowest BCUT2D eigenvalue weighted by Gasteiger charge is -2.43. The molecule has 48 heavy (non-hydrogen) atoms. The van der Waals surface area contributed by atoms with Crippen LogP contribution in [0.3, 0.4) is 0 Å². The quantitative estimate of drug-likeness (QED) is 0.221. The summed E-state index contributed by atoms with van der Waals surface area (Å²) in [5.41, 5.74) is 4.83. The number of quaternary nitrogens is 1. The molecule has 2 aromatic rings. The SMILES string of the molecule is CCNC(=O)[C@]1(Cc2ccccc2)CCCN(C(=O)[C@@H](Cc2ccc(Cl)c(Cl)c2)NC(=O)N[C@@H]2CCCN(C(=O)CCCCC[NH3+])C2)C1. The Labute approximate surface area is 294 Å². The highest BCUT2D eigenvalue weighted by molar-refractivity contribution is 6.42. The Morgan fingerprint density at radius 2 is 1.73 bits per heavy atom. The predicted molar refractivity (Wildman–Crippen MR) is 189 cm³/mol. The first-order valence-electron chi connectivity index (χ1n) is 17.3. The molecule has 0 radical (unpaired) electrons. The van der Waals surface area contributed by atoms with Crippen molar-refractivity contribution < 1.29 is 24.9 Å². The van der Waals surface area contributed by atoms with Crippen molar-refractivity contribution in [1.29, 1.82) is 0 Å². The number of nitrogens with one attached hydrogen (secondary N) is 3. The van der Waals surface area contributed by atoms with Gasteiger partial charge in [-0.15, -0.1) is 0 Å². The van der Waals surface area contributed by atoms with Crippen LogP contribution in [0.1, 0.15) is 69.4 Å². The molecule has 5 amide bonds. The van der Waals surface area contributed by atoms with Gasteiger partial charge >= 0.3 is 6.03 Å². The molecule has 0 saturated carbocycles. The first kappa shape index (κ1) is 37.5. The summed E-state index contributed by atoms with van der Waals surface area (Å²) in [6, 6.07) is 13.4. The summed E-state index contributed by atoms with van der Waals surface area (Å²) in [6.45, 7) is 5.08. The van der Waals surface area contributed by atoms with Gasteiger partial charge in [0.25, 0.3) is 0 Å². The number of unbranched alkanes of at least 4 members (excludes halogenated alkanes) is 2. The molecule has 2 aliphatic heterocycles. The minimum absolute atomic E-state index is 0.0724. The van der Waals surface area contributed by atoms with Crippen LogP contribution in [0.25, 0.3) is 0 Å². The van der Waals surface area contributed by atoms with Gasteiger partial charge in [-0.1, -0.05) is 59.6 Å². The van der Waals surface area contributed by atoms with Gasteiger partial charge in [-0.2, -0.15) is 0 Å². The van der Waals surface area contributed by atoms with Crippen LogP contribution in [-0.2, 0) is 27.2 Å². The van der Waals surface area contributed by atoms with E-state index >= 15 is 0 Å². The van der Waals surface area contributed by atoms with Crippen LogP contribution in [0.4, 0.5) is 4.79 Å². The number of carbonyl (C=O) groups excluding carboxylic acids is 4. The molecule has 2 aromatic carbocycles. The molecule has 0 aliphatic carbocycles. The average Bonchev–Trinajstić information content (AvgIpc) is 3.08. The van der Waals surface area contributed by atoms with Crippen molar-refractivity contribution in [3.05, 3.63) is 69.7 Å². The Hall–Kier alpha value is -3.34. The van der Waals surface area contributed by atoms with Gasteiger partial charge in [0.05, 0.1) is 22.0 Å². The van der Waals surface area contributed by atoms with E-state index < -0.39 is 17.5 Å². The van der Waals surface area contributed by atoms with Crippen LogP contribution in [0.2, 0.25) is 10.0 Å². The summed E-state index contributed by atoms with van der Waals surface area (Å²) in [6.07, 6.45) is 6.85. The molecule has 6 N–H and O–H groups in total. The second-order valence-electron chi connectivity index (χ2n) is 13.1. The third-order valence-electron chi connectivity index (χ3n) is 9.37. The van der Waals surface area contributed by atoms with E-state index in [9.17, 15) is 19.2 Å². The Bertz CT molecular complexity index is 1400. The summed E-state index contributed by atoms with van der Waals surface area (Å²) in [5.74, 6) is -0.230. The summed E-state index contributed by atoms with van der Waals surface area (Å²) in [7, 11) is 0. The number of piperidine rings is 2. The van der Waals surface area contributed by atoms with E-state index in [2.05, 4.69) is 21.7 Å². The fourth-order valence-electron chi connectivity index (χ4n) is 6.88. The third-order valence-corrected chi connectivity index (χ3v) is 10.1. The van der Waals surface area contributed by atoms with Gasteiger partial charge in [0.2, 0.25) is 17.7 Å². The van der Waals surface area contributed by atoms with Crippen LogP contribution in [-0.4, -0.2) is 84.9 Å². The van der Waals surface area contributed by atoms with E-state index in [1.807, 2.05) is 42.2 Å². The third kappa shape index (κ3) is 10.6. The molecule has 2 heterocycles. The molecular weight excluding hydrogens is 651 g/mol. The number of likely N-dealkylation sites (tertiary alicyclic amines) is 2. The fraction of sp³-hybridized carbons (Fsp3) is 0.556. The number of amides is 5. The van der Waals surface area contributed by atoms with Crippen molar-refractivity contribution in [1.82, 2.24) is 25.8 Å². The number of carbonyl (C=O) groups is 4. The van der Waals surface area contributed by atoms with Crippen LogP contribution in [0.15, 0.2) is 48.5 Å². The van der Waals surface area contributed by atoms with Crippen molar-refractivity contribution >= 4 is 47.0 Å². The van der Waals surface area contributed by atoms with E-state index in [4.69, 9.17) is 23.2 Å². The minimum Gasteiger partial charge on any atom is -0.358 e. The highest BCUT2D eigenvalue weighted by Gasteiger charge is 2.44. The van der Waals surface area contributed by atoms with Crippen molar-refractivity contribution in [3.63, 3.8) is 0 Å². The Kier molecular flexibility index (Phi) is 14.4. The van der Waals surface area contributed by atoms with Gasteiger partial charge in [0.1, 0.15) is 6.04 Å². The van der Waals surface area contributed by atoms with E-state index in [0.717, 1.165) is 49.8 Å². The van der Waals surface area contributed by atoms with E-state index in [0.29, 0.717) is 61.9 Å². The fourth-order valence-corrected chi connectivity index (χ4v) is 7.20. The number of halogens is 2. The van der Waals surface area contributed by atoms with Crippen LogP contribution in [0.5, 0.6) is 0 Å². The Balaban J connectivity index is 1.49. The highest BCUT2D eigenvalue weighted by atomic mass is 35.5. The molecular formula is C36H51Cl2N6O4+. The normalized spacial score (nSPS) is 20.1. The summed E-state index contributed by atoms with van der Waals surface area (Å²) in [5, 5.41) is 9.73. The molecule has 2 saturated heterocycles. The van der Waals surface area contributed by atoms with Crippen LogP contribution >= 0.6 is 23.2 Å². The largest absolute Gasteiger partial charge is 0.358 e. The lowest BCUT2D eigenvalue weighted by molar-refractivity contribution is -0.368. The number of benzene rings is 2. The number of hydrogen-bond acceptors (Lipinski definition) is 4. The topological polar surface area (TPSA) is 138 Å². The van der Waals surface area contributed by atoms with Gasteiger partial charge < -0.3 is 31.5 Å². The zero-order valence-electron chi connectivity index (χ0n) is 28.1. The molecule has 0 unspecified atom stereocenters. The number of hydrogen-bond donors (Lipinski definition) is 4. The number of urea groups is 1. The van der Waals surface area contributed by atoms with Crippen LogP contribution < -0.4 is 21.7 Å². The monoisotopic (exact) mass is 701 g/mol. The Morgan fingerprint density at radius 1 is 0.958 bits per heavy atom. The molecule has 4 rings (SSSR count). The number of rotatable bonds is 14. The van der Waals surface area contributed by atoms with Gasteiger partial charge in [0, 0.05) is 51.6 Å². The molecule has 2 aliphatic rings. The summed E-state index contributed by atoms with van der Waals surface area (Å²) >= 11 is 12.5. The predicted octanol–water partition coefficient (Wildman–Crippen LogP) is 3.98. The lowest BCUT2D eigenvalue weighted by Crippen LogP contribution is -2.60. The van der Waals surface area contributed by atoms with Crippen molar-refractivity contribution in [3.8, 4) is 0 Å². The van der Waals surface area contributed by atoms with Gasteiger partial charge in [-0.05, 0) is 81.5 Å². The molecule has 0 aromatic heterocycles. The molecule has 262 valence electrons. The standard InChI is InChI=1S/C36H50Cl2N6O4/c1-2-40-34(47)36(23-26-11-5-3-6-12-26)17-10-20-44(25-36)33(46)31(22-27-15-16-29(37)30(38)21-27)42-35(48)41-28-13-9-19-43(24-28)32(45)14-7-4-8-18-39/h3,5-6,11-12,15-16,21,28,31H,2,4,7-10,13-14,17-20,22-25,39H2,1H3,(H,40,47)(H2,41,42,48)/p+1/t28-,31-,36+/m1/s1. The number of nitrogens with zero attached hydrogens (tertiary/aromatic N) is 2. The van der Waals surface area contributed by atoms with Gasteiger partial charge in [-0.3, -0.25) is 14.4 Å². The van der Waals surface area contributed by atoms with Crippen molar-refractivity contribution in [2.24, 2.45) is 5.41 Å². The first-order valence-corrected chi connectivity index (χ1v) is 18.1. The zero-order valence-corrected chi connectivity index (χ0v) is 29.6. The van der Waals surface area contributed by atoms with Crippen molar-refractivity contribution in [2.45, 2.75) is 83.2 Å². The van der Waals surface area contributed by atoms with Gasteiger partial charge in [-0.25, -0.2) is 4.79 Å². The zero-order chi connectivity index (χ0) is 34.5. The minimum atomic E-state index is -0.918. The van der Waals surface area contributed by atoms with E-state index in [1.165, 1.54) is 0 Å².